The summed E-state index contributed by atoms with van der Waals surface area (Å²) in [5, 5.41) is 14.9. The van der Waals surface area contributed by atoms with Gasteiger partial charge in [0, 0.05) is 12.6 Å². The monoisotopic (exact) mass is 565 g/mol. The molecule has 1 saturated heterocycles. The quantitative estimate of drug-likeness (QED) is 0.416. The molecular formula is C31H43N5O3S. The SMILES string of the molecule is CC(NC(=O)C1(C#N)CC1)C(C)(C)C.Cc1ncsc1-c1ccc(C(NC(=O)C2CCCN2C=O)C(C)C)cc1. The van der Waals surface area contributed by atoms with Gasteiger partial charge in [0.25, 0.3) is 0 Å². The van der Waals surface area contributed by atoms with Gasteiger partial charge in [0.15, 0.2) is 0 Å². The Bertz CT molecular complexity index is 1220. The number of nitrogens with zero attached hydrogens (tertiary/aromatic N) is 3. The van der Waals surface area contributed by atoms with E-state index in [-0.39, 0.29) is 41.3 Å². The van der Waals surface area contributed by atoms with Gasteiger partial charge >= 0.3 is 0 Å². The average molecular weight is 566 g/mol. The molecule has 2 aliphatic rings. The van der Waals surface area contributed by atoms with E-state index in [0.717, 1.165) is 36.1 Å². The lowest BCUT2D eigenvalue weighted by Gasteiger charge is -2.28. The predicted octanol–water partition coefficient (Wildman–Crippen LogP) is 5.39. The predicted molar refractivity (Wildman–Crippen MR) is 158 cm³/mol. The fraction of sp³-hybridized carbons (Fsp3) is 0.581. The topological polar surface area (TPSA) is 115 Å². The van der Waals surface area contributed by atoms with Crippen LogP contribution in [0.15, 0.2) is 29.8 Å². The Kier molecular flexibility index (Phi) is 10.1. The number of hydrogen-bond acceptors (Lipinski definition) is 6. The molecule has 1 aliphatic heterocycles. The number of nitriles is 1. The second kappa shape index (κ2) is 12.9. The van der Waals surface area contributed by atoms with Crippen molar-refractivity contribution in [3.63, 3.8) is 0 Å². The van der Waals surface area contributed by atoms with Crippen molar-refractivity contribution in [2.45, 2.75) is 92.3 Å². The van der Waals surface area contributed by atoms with Gasteiger partial charge < -0.3 is 15.5 Å². The van der Waals surface area contributed by atoms with Crippen molar-refractivity contribution in [1.29, 1.82) is 5.26 Å². The highest BCUT2D eigenvalue weighted by Crippen LogP contribution is 2.45. The Hall–Kier alpha value is -3.25. The van der Waals surface area contributed by atoms with Crippen molar-refractivity contribution in [2.24, 2.45) is 16.7 Å². The van der Waals surface area contributed by atoms with Gasteiger partial charge in [-0.1, -0.05) is 58.9 Å². The van der Waals surface area contributed by atoms with E-state index >= 15 is 0 Å². The maximum atomic E-state index is 12.7. The van der Waals surface area contributed by atoms with Gasteiger partial charge in [0.1, 0.15) is 11.5 Å². The van der Waals surface area contributed by atoms with E-state index in [0.29, 0.717) is 19.4 Å². The summed E-state index contributed by atoms with van der Waals surface area (Å²) >= 11 is 1.63. The van der Waals surface area contributed by atoms with Crippen molar-refractivity contribution in [1.82, 2.24) is 20.5 Å². The number of carbonyl (C=O) groups is 3. The Morgan fingerprint density at radius 2 is 1.82 bits per heavy atom. The second-order valence-electron chi connectivity index (χ2n) is 12.4. The molecule has 8 nitrogen and oxygen atoms in total. The van der Waals surface area contributed by atoms with Crippen LogP contribution in [0.4, 0.5) is 0 Å². The lowest BCUT2D eigenvalue weighted by atomic mass is 9.87. The lowest BCUT2D eigenvalue weighted by molar-refractivity contribution is -0.131. The molecule has 3 atom stereocenters. The zero-order chi connectivity index (χ0) is 29.7. The Balaban J connectivity index is 0.000000267. The molecule has 1 aromatic carbocycles. The maximum absolute atomic E-state index is 12.7. The number of thiazole rings is 1. The number of nitrogens with one attached hydrogen (secondary N) is 2. The van der Waals surface area contributed by atoms with Gasteiger partial charge in [0.05, 0.1) is 28.2 Å². The highest BCUT2D eigenvalue weighted by molar-refractivity contribution is 7.13. The summed E-state index contributed by atoms with van der Waals surface area (Å²) in [6.45, 7) is 15.1. The van der Waals surface area contributed by atoms with Crippen LogP contribution >= 0.6 is 11.3 Å². The van der Waals surface area contributed by atoms with E-state index in [1.807, 2.05) is 19.4 Å². The van der Waals surface area contributed by atoms with Gasteiger partial charge in [-0.3, -0.25) is 14.4 Å². The molecule has 2 heterocycles. The summed E-state index contributed by atoms with van der Waals surface area (Å²) in [6, 6.07) is 10.1. The molecule has 9 heteroatoms. The molecule has 4 rings (SSSR count). The highest BCUT2D eigenvalue weighted by atomic mass is 32.1. The fourth-order valence-corrected chi connectivity index (χ4v) is 5.38. The molecule has 1 aliphatic carbocycles. The summed E-state index contributed by atoms with van der Waals surface area (Å²) in [5.41, 5.74) is 4.46. The number of aromatic nitrogens is 1. The van der Waals surface area contributed by atoms with Crippen molar-refractivity contribution in [3.8, 4) is 16.5 Å². The number of aryl methyl sites for hydroxylation is 1. The first-order valence-corrected chi connectivity index (χ1v) is 14.9. The average Bonchev–Trinajstić information content (AvgIpc) is 3.36. The van der Waals surface area contributed by atoms with E-state index in [4.69, 9.17) is 5.26 Å². The van der Waals surface area contributed by atoms with E-state index < -0.39 is 5.41 Å². The minimum absolute atomic E-state index is 0.0429. The molecule has 1 saturated carbocycles. The third-order valence-corrected chi connectivity index (χ3v) is 9.00. The molecule has 0 spiro atoms. The normalized spacial score (nSPS) is 19.1. The van der Waals surface area contributed by atoms with E-state index in [9.17, 15) is 14.4 Å². The Labute approximate surface area is 242 Å². The van der Waals surface area contributed by atoms with E-state index in [2.05, 4.69) is 80.6 Å². The van der Waals surface area contributed by atoms with Gasteiger partial charge in [-0.25, -0.2) is 4.98 Å². The first kappa shape index (κ1) is 31.3. The number of carbonyl (C=O) groups excluding carboxylic acids is 3. The summed E-state index contributed by atoms with van der Waals surface area (Å²) < 4.78 is 0. The number of amides is 3. The summed E-state index contributed by atoms with van der Waals surface area (Å²) in [6.07, 6.45) is 3.83. The van der Waals surface area contributed by atoms with Crippen LogP contribution in [0.2, 0.25) is 0 Å². The molecule has 3 amide bonds. The highest BCUT2D eigenvalue weighted by Gasteiger charge is 2.51. The van der Waals surface area contributed by atoms with Crippen LogP contribution in [0, 0.1) is 35.0 Å². The zero-order valence-corrected chi connectivity index (χ0v) is 25.6. The third-order valence-electron chi connectivity index (χ3n) is 8.02. The first-order valence-electron chi connectivity index (χ1n) is 14.1. The standard InChI is InChI=1S/C20H25N3O2S.C11H18N2O/c1-13(2)18(22-20(25)17-5-4-10-23(17)12-24)15-6-8-16(9-7-15)19-14(3)21-11-26-19;1-8(10(2,3)4)13-9(14)11(7-12)5-6-11/h6-9,11-13,17-18H,4-5,10H2,1-3H3,(H,22,25);8H,5-6H2,1-4H3,(H,13,14). The molecule has 2 fully saturated rings. The van der Waals surface area contributed by atoms with Crippen LogP contribution in [0.3, 0.4) is 0 Å². The van der Waals surface area contributed by atoms with Crippen molar-refractivity contribution < 1.29 is 14.4 Å². The van der Waals surface area contributed by atoms with Crippen LogP contribution in [0.1, 0.15) is 84.5 Å². The first-order chi connectivity index (χ1) is 18.8. The number of benzene rings is 1. The molecule has 0 radical (unpaired) electrons. The van der Waals surface area contributed by atoms with Crippen molar-refractivity contribution in [3.05, 3.63) is 41.0 Å². The number of hydrogen-bond donors (Lipinski definition) is 2. The van der Waals surface area contributed by atoms with Crippen LogP contribution in [-0.2, 0) is 14.4 Å². The van der Waals surface area contributed by atoms with Gasteiger partial charge in [-0.15, -0.1) is 11.3 Å². The maximum Gasteiger partial charge on any atom is 0.243 e. The van der Waals surface area contributed by atoms with Crippen LogP contribution in [0.5, 0.6) is 0 Å². The van der Waals surface area contributed by atoms with Crippen LogP contribution < -0.4 is 10.6 Å². The molecule has 216 valence electrons. The molecule has 1 aromatic heterocycles. The fourth-order valence-electron chi connectivity index (χ4n) is 4.57. The summed E-state index contributed by atoms with van der Waals surface area (Å²) in [5.74, 6) is 0.0964. The van der Waals surface area contributed by atoms with Crippen molar-refractivity contribution >= 4 is 29.6 Å². The molecular weight excluding hydrogens is 522 g/mol. The molecule has 0 bridgehead atoms. The van der Waals surface area contributed by atoms with Gasteiger partial charge in [-0.2, -0.15) is 5.26 Å². The van der Waals surface area contributed by atoms with E-state index in [1.165, 1.54) is 4.88 Å². The van der Waals surface area contributed by atoms with Crippen LogP contribution in [-0.4, -0.2) is 46.7 Å². The summed E-state index contributed by atoms with van der Waals surface area (Å²) in [4.78, 5) is 42.6. The summed E-state index contributed by atoms with van der Waals surface area (Å²) in [7, 11) is 0. The number of likely N-dealkylation sites (tertiary alicyclic amines) is 1. The smallest absolute Gasteiger partial charge is 0.243 e. The molecule has 3 unspecified atom stereocenters. The number of rotatable bonds is 8. The minimum atomic E-state index is -0.695. The Morgan fingerprint density at radius 1 is 1.18 bits per heavy atom. The Morgan fingerprint density at radius 3 is 2.30 bits per heavy atom. The van der Waals surface area contributed by atoms with Crippen molar-refractivity contribution in [2.75, 3.05) is 6.54 Å². The second-order valence-corrected chi connectivity index (χ2v) is 13.2. The molecule has 2 N–H and O–H groups in total. The largest absolute Gasteiger partial charge is 0.352 e. The zero-order valence-electron chi connectivity index (χ0n) is 24.8. The minimum Gasteiger partial charge on any atom is -0.352 e. The lowest BCUT2D eigenvalue weighted by Crippen LogP contribution is -2.44. The van der Waals surface area contributed by atoms with Gasteiger partial charge in [-0.05, 0) is 62.0 Å². The van der Waals surface area contributed by atoms with E-state index in [1.54, 1.807) is 16.2 Å². The third kappa shape index (κ3) is 7.48. The van der Waals surface area contributed by atoms with Gasteiger partial charge in [0.2, 0.25) is 18.2 Å². The molecule has 40 heavy (non-hydrogen) atoms. The molecule has 2 aromatic rings. The van der Waals surface area contributed by atoms with Crippen LogP contribution in [0.25, 0.3) is 10.4 Å².